The predicted molar refractivity (Wildman–Crippen MR) is 125 cm³/mol. The number of methoxy groups -OCH3 is 1. The van der Waals surface area contributed by atoms with Crippen LogP contribution in [0.4, 0.5) is 4.39 Å². The lowest BCUT2D eigenvalue weighted by atomic mass is 9.99. The summed E-state index contributed by atoms with van der Waals surface area (Å²) < 4.78 is 49.4. The van der Waals surface area contributed by atoms with Crippen LogP contribution in [-0.4, -0.2) is 63.1 Å². The number of halogens is 1. The van der Waals surface area contributed by atoms with Gasteiger partial charge in [-0.1, -0.05) is 12.1 Å². The first kappa shape index (κ1) is 23.0. The molecular formula is C24H25FN2O5S. The summed E-state index contributed by atoms with van der Waals surface area (Å²) in [6, 6.07) is 9.83. The van der Waals surface area contributed by atoms with Gasteiger partial charge in [0, 0.05) is 54.8 Å². The lowest BCUT2D eigenvalue weighted by Crippen LogP contribution is -2.49. The quantitative estimate of drug-likeness (QED) is 0.529. The summed E-state index contributed by atoms with van der Waals surface area (Å²) in [5.41, 5.74) is 3.68. The van der Waals surface area contributed by atoms with E-state index in [1.807, 2.05) is 13.0 Å². The summed E-state index contributed by atoms with van der Waals surface area (Å²) in [7, 11) is -1.71. The summed E-state index contributed by atoms with van der Waals surface area (Å²) in [5.74, 6) is 0.0586. The Hall–Kier alpha value is -3.17. The van der Waals surface area contributed by atoms with Crippen molar-refractivity contribution < 1.29 is 26.8 Å². The Kier molecular flexibility index (Phi) is 6.27. The van der Waals surface area contributed by atoms with Gasteiger partial charge in [-0.25, -0.2) is 12.8 Å². The van der Waals surface area contributed by atoms with Gasteiger partial charge in [-0.2, -0.15) is 4.31 Å². The minimum atomic E-state index is -3.26. The number of nitrogens with zero attached hydrogens (tertiary/aromatic N) is 2. The summed E-state index contributed by atoms with van der Waals surface area (Å²) in [5, 5.41) is 0.819. The van der Waals surface area contributed by atoms with Crippen LogP contribution in [0, 0.1) is 5.82 Å². The van der Waals surface area contributed by atoms with E-state index in [1.54, 1.807) is 36.5 Å². The number of hydrogen-bond acceptors (Lipinski definition) is 5. The molecule has 0 spiro atoms. The number of sulfonamides is 1. The van der Waals surface area contributed by atoms with Crippen LogP contribution >= 0.6 is 0 Å². The molecule has 1 saturated heterocycles. The molecule has 7 nitrogen and oxygen atoms in total. The van der Waals surface area contributed by atoms with Gasteiger partial charge >= 0.3 is 0 Å². The topological polar surface area (TPSA) is 80.1 Å². The lowest BCUT2D eigenvalue weighted by molar-refractivity contribution is -0.127. The van der Waals surface area contributed by atoms with Crippen molar-refractivity contribution in [1.29, 1.82) is 0 Å². The molecule has 0 radical (unpaired) electrons. The van der Waals surface area contributed by atoms with Crippen LogP contribution < -0.4 is 4.74 Å². The van der Waals surface area contributed by atoms with Crippen LogP contribution in [0.3, 0.4) is 0 Å². The predicted octanol–water partition coefficient (Wildman–Crippen LogP) is 3.75. The first-order valence-electron chi connectivity index (χ1n) is 10.5. The summed E-state index contributed by atoms with van der Waals surface area (Å²) in [6.07, 6.45) is 4.33. The minimum absolute atomic E-state index is 0.186. The molecule has 2 aromatic carbocycles. The molecule has 0 N–H and O–H groups in total. The molecule has 1 aromatic heterocycles. The van der Waals surface area contributed by atoms with Gasteiger partial charge in [0.1, 0.15) is 17.1 Å². The van der Waals surface area contributed by atoms with Crippen molar-refractivity contribution in [2.75, 3.05) is 39.5 Å². The Morgan fingerprint density at radius 3 is 2.39 bits per heavy atom. The molecule has 4 rings (SSSR count). The van der Waals surface area contributed by atoms with E-state index in [0.29, 0.717) is 30.0 Å². The average Bonchev–Trinajstić information content (AvgIpc) is 3.21. The maximum Gasteiger partial charge on any atom is 0.246 e. The Morgan fingerprint density at radius 2 is 1.79 bits per heavy atom. The number of carbonyl (C=O) groups is 1. The van der Waals surface area contributed by atoms with Crippen molar-refractivity contribution in [3.8, 4) is 16.9 Å². The molecule has 0 saturated carbocycles. The van der Waals surface area contributed by atoms with Crippen LogP contribution in [0.25, 0.3) is 27.7 Å². The number of benzene rings is 2. The van der Waals surface area contributed by atoms with E-state index in [9.17, 15) is 17.6 Å². The number of carbonyl (C=O) groups excluding carboxylic acids is 1. The molecule has 1 amide bonds. The smallest absolute Gasteiger partial charge is 0.246 e. The maximum atomic E-state index is 13.3. The molecule has 0 aliphatic carbocycles. The highest BCUT2D eigenvalue weighted by atomic mass is 32.2. The molecular weight excluding hydrogens is 447 g/mol. The second-order valence-corrected chi connectivity index (χ2v) is 10.0. The first-order valence-corrected chi connectivity index (χ1v) is 12.3. The number of amides is 1. The molecule has 0 atom stereocenters. The zero-order chi connectivity index (χ0) is 23.8. The van der Waals surface area contributed by atoms with Crippen LogP contribution in [0.2, 0.25) is 0 Å². The lowest BCUT2D eigenvalue weighted by Gasteiger charge is -2.32. The normalized spacial score (nSPS) is 15.8. The second-order valence-electron chi connectivity index (χ2n) is 8.02. The molecule has 174 valence electrons. The van der Waals surface area contributed by atoms with E-state index in [4.69, 9.17) is 9.15 Å². The molecule has 3 aromatic rings. The number of furan rings is 1. The van der Waals surface area contributed by atoms with Crippen molar-refractivity contribution >= 4 is 32.5 Å². The zero-order valence-electron chi connectivity index (χ0n) is 18.7. The van der Waals surface area contributed by atoms with Crippen LogP contribution in [0.1, 0.15) is 12.5 Å². The van der Waals surface area contributed by atoms with Gasteiger partial charge in [0.25, 0.3) is 0 Å². The van der Waals surface area contributed by atoms with E-state index in [2.05, 4.69) is 0 Å². The fraction of sp³-hybridized carbons (Fsp3) is 0.292. The monoisotopic (exact) mass is 472 g/mol. The van der Waals surface area contributed by atoms with Gasteiger partial charge in [0.15, 0.2) is 0 Å². The third-order valence-electron chi connectivity index (χ3n) is 5.83. The van der Waals surface area contributed by atoms with Gasteiger partial charge in [-0.15, -0.1) is 0 Å². The molecule has 9 heteroatoms. The minimum Gasteiger partial charge on any atom is -0.496 e. The van der Waals surface area contributed by atoms with Gasteiger partial charge < -0.3 is 14.1 Å². The standard InChI is InChI=1S/C24H25FN2O5S/c1-16(12-24(28)26-8-10-27(11-9-26)33(3,29)30)19-13-20-21(17-4-6-18(25)7-5-17)15-32-23(20)14-22(19)31-2/h4-7,12-15H,8-11H2,1-3H3/b16-12+. The summed E-state index contributed by atoms with van der Waals surface area (Å²) in [4.78, 5) is 14.5. The summed E-state index contributed by atoms with van der Waals surface area (Å²) >= 11 is 0. The summed E-state index contributed by atoms with van der Waals surface area (Å²) in [6.45, 7) is 3.06. The van der Waals surface area contributed by atoms with Gasteiger partial charge in [0.2, 0.25) is 15.9 Å². The van der Waals surface area contributed by atoms with E-state index in [0.717, 1.165) is 22.1 Å². The van der Waals surface area contributed by atoms with Crippen molar-refractivity contribution in [2.45, 2.75) is 6.92 Å². The van der Waals surface area contributed by atoms with Crippen LogP contribution in [-0.2, 0) is 14.8 Å². The highest BCUT2D eigenvalue weighted by Gasteiger charge is 2.25. The van der Waals surface area contributed by atoms with Crippen molar-refractivity contribution in [1.82, 2.24) is 9.21 Å². The Morgan fingerprint density at radius 1 is 1.12 bits per heavy atom. The van der Waals surface area contributed by atoms with E-state index >= 15 is 0 Å². The Bertz CT molecular complexity index is 1320. The second kappa shape index (κ2) is 8.99. The van der Waals surface area contributed by atoms with Crippen molar-refractivity contribution in [3.05, 3.63) is 60.1 Å². The highest BCUT2D eigenvalue weighted by Crippen LogP contribution is 2.37. The van der Waals surface area contributed by atoms with Crippen LogP contribution in [0.15, 0.2) is 53.2 Å². The van der Waals surface area contributed by atoms with Crippen molar-refractivity contribution in [2.24, 2.45) is 0 Å². The molecule has 1 aliphatic heterocycles. The maximum absolute atomic E-state index is 13.3. The Balaban J connectivity index is 1.63. The van der Waals surface area contributed by atoms with Crippen LogP contribution in [0.5, 0.6) is 5.75 Å². The fourth-order valence-corrected chi connectivity index (χ4v) is 4.81. The molecule has 0 unspecified atom stereocenters. The average molecular weight is 473 g/mol. The SMILES string of the molecule is COc1cc2occ(-c3ccc(F)cc3)c2cc1/C(C)=C/C(=O)N1CCN(S(C)(=O)=O)CC1. The van der Waals surface area contributed by atoms with Gasteiger partial charge in [-0.05, 0) is 36.3 Å². The highest BCUT2D eigenvalue weighted by molar-refractivity contribution is 7.88. The number of allylic oxidation sites excluding steroid dienone is 1. The number of rotatable bonds is 5. The molecule has 0 bridgehead atoms. The number of ether oxygens (including phenoxy) is 1. The van der Waals surface area contributed by atoms with Gasteiger partial charge in [0.05, 0.1) is 19.6 Å². The third kappa shape index (κ3) is 4.79. The Labute approximate surface area is 192 Å². The number of piperazine rings is 1. The van der Waals surface area contributed by atoms with Gasteiger partial charge in [-0.3, -0.25) is 4.79 Å². The zero-order valence-corrected chi connectivity index (χ0v) is 19.5. The van der Waals surface area contributed by atoms with E-state index < -0.39 is 10.0 Å². The molecule has 1 aliphatic rings. The first-order chi connectivity index (χ1) is 15.7. The van der Waals surface area contributed by atoms with E-state index in [1.165, 1.54) is 28.8 Å². The molecule has 2 heterocycles. The third-order valence-corrected chi connectivity index (χ3v) is 7.14. The number of fused-ring (bicyclic) bond motifs is 1. The fourth-order valence-electron chi connectivity index (χ4n) is 3.98. The van der Waals surface area contributed by atoms with Crippen molar-refractivity contribution in [3.63, 3.8) is 0 Å². The number of hydrogen-bond donors (Lipinski definition) is 0. The molecule has 1 fully saturated rings. The molecule has 33 heavy (non-hydrogen) atoms. The van der Waals surface area contributed by atoms with E-state index in [-0.39, 0.29) is 24.8 Å². The largest absolute Gasteiger partial charge is 0.496 e.